The van der Waals surface area contributed by atoms with E-state index in [1.54, 1.807) is 29.2 Å². The molecule has 0 bridgehead atoms. The van der Waals surface area contributed by atoms with Gasteiger partial charge in [-0.15, -0.1) is 6.58 Å². The van der Waals surface area contributed by atoms with Gasteiger partial charge in [0.15, 0.2) is 0 Å². The molecule has 0 saturated heterocycles. The van der Waals surface area contributed by atoms with E-state index in [1.807, 2.05) is 19.9 Å². The van der Waals surface area contributed by atoms with Crippen molar-refractivity contribution in [1.82, 2.24) is 0 Å². The minimum atomic E-state index is -3.68. The van der Waals surface area contributed by atoms with Crippen LogP contribution >= 0.6 is 0 Å². The Morgan fingerprint density at radius 1 is 1.35 bits per heavy atom. The number of rotatable bonds is 7. The van der Waals surface area contributed by atoms with E-state index in [0.717, 1.165) is 6.42 Å². The molecule has 1 aliphatic rings. The molecule has 5 nitrogen and oxygen atoms in total. The van der Waals surface area contributed by atoms with Gasteiger partial charge in [0.1, 0.15) is 5.25 Å². The normalized spacial score (nSPS) is 18.2. The highest BCUT2D eigenvalue weighted by Crippen LogP contribution is 2.39. The molecule has 2 rings (SSSR count). The van der Waals surface area contributed by atoms with E-state index >= 15 is 0 Å². The number of carbonyl (C=O) groups excluding carboxylic acids is 1. The molecule has 0 saturated carbocycles. The summed E-state index contributed by atoms with van der Waals surface area (Å²) in [4.78, 5) is 13.7. The van der Waals surface area contributed by atoms with Gasteiger partial charge in [-0.25, -0.2) is 8.42 Å². The van der Waals surface area contributed by atoms with Crippen molar-refractivity contribution in [1.29, 1.82) is 0 Å². The van der Waals surface area contributed by atoms with Crippen LogP contribution in [0.25, 0.3) is 0 Å². The first-order valence-electron chi connectivity index (χ1n) is 8.94. The fourth-order valence-corrected chi connectivity index (χ4v) is 5.62. The Hall–Kier alpha value is -2.08. The van der Waals surface area contributed by atoms with E-state index in [4.69, 9.17) is 0 Å². The third kappa shape index (κ3) is 3.70. The quantitative estimate of drug-likeness (QED) is 0.679. The average Bonchev–Trinajstić information content (AvgIpc) is 2.58. The predicted molar refractivity (Wildman–Crippen MR) is 108 cm³/mol. The molecule has 142 valence electrons. The van der Waals surface area contributed by atoms with Gasteiger partial charge in [0.2, 0.25) is 15.9 Å². The first-order valence-corrected chi connectivity index (χ1v) is 10.4. The summed E-state index contributed by atoms with van der Waals surface area (Å²) in [5.41, 5.74) is 1.87. The number of hydrogen-bond donors (Lipinski definition) is 0. The van der Waals surface area contributed by atoms with Crippen LogP contribution in [0.5, 0.6) is 0 Å². The zero-order valence-corrected chi connectivity index (χ0v) is 16.6. The number of benzene rings is 1. The molecule has 6 heteroatoms. The smallest absolute Gasteiger partial charge is 0.242 e. The zero-order chi connectivity index (χ0) is 19.5. The number of amides is 1. The van der Waals surface area contributed by atoms with Crippen LogP contribution in [-0.4, -0.2) is 32.2 Å². The van der Waals surface area contributed by atoms with E-state index in [9.17, 15) is 13.2 Å². The Balaban J connectivity index is 2.54. The lowest BCUT2D eigenvalue weighted by Crippen LogP contribution is -2.53. The molecule has 0 spiro atoms. The highest BCUT2D eigenvalue weighted by atomic mass is 32.2. The highest BCUT2D eigenvalue weighted by Gasteiger charge is 2.40. The topological polar surface area (TPSA) is 57.7 Å². The molecule has 1 aromatic carbocycles. The molecular weight excluding hydrogens is 348 g/mol. The number of carbonyl (C=O) groups is 1. The first-order chi connectivity index (χ1) is 12.3. The second-order valence-corrected chi connectivity index (χ2v) is 8.76. The molecule has 1 aliphatic heterocycles. The third-order valence-electron chi connectivity index (χ3n) is 4.69. The molecule has 0 N–H and O–H groups in total. The van der Waals surface area contributed by atoms with E-state index in [1.165, 1.54) is 11.2 Å². The summed E-state index contributed by atoms with van der Waals surface area (Å²) in [5, 5.41) is -0.705. The van der Waals surface area contributed by atoms with Gasteiger partial charge in [-0.1, -0.05) is 43.7 Å². The van der Waals surface area contributed by atoms with Crippen LogP contribution in [0.4, 0.5) is 11.4 Å². The van der Waals surface area contributed by atoms with Crippen molar-refractivity contribution >= 4 is 27.3 Å². The van der Waals surface area contributed by atoms with Gasteiger partial charge < -0.3 is 4.90 Å². The molecular formula is C20H28N2O3S. The fraction of sp³-hybridized carbons (Fsp3) is 0.450. The van der Waals surface area contributed by atoms with E-state index in [2.05, 4.69) is 13.2 Å². The molecule has 1 amide bonds. The van der Waals surface area contributed by atoms with Crippen molar-refractivity contribution in [2.24, 2.45) is 0 Å². The zero-order valence-electron chi connectivity index (χ0n) is 15.8. The maximum Gasteiger partial charge on any atom is 0.242 e. The minimum absolute atomic E-state index is 0.0972. The van der Waals surface area contributed by atoms with Crippen LogP contribution < -0.4 is 9.21 Å². The Morgan fingerprint density at radius 3 is 2.50 bits per heavy atom. The number of nitrogens with zero attached hydrogens (tertiary/aromatic N) is 2. The van der Waals surface area contributed by atoms with Gasteiger partial charge in [-0.2, -0.15) is 0 Å². The number of sulfonamides is 1. The molecule has 2 unspecified atom stereocenters. The Morgan fingerprint density at radius 2 is 1.96 bits per heavy atom. The molecule has 0 aliphatic carbocycles. The molecule has 2 atom stereocenters. The first kappa shape index (κ1) is 20.2. The van der Waals surface area contributed by atoms with Crippen molar-refractivity contribution in [2.75, 3.05) is 15.7 Å². The van der Waals surface area contributed by atoms with Crippen molar-refractivity contribution < 1.29 is 13.2 Å². The van der Waals surface area contributed by atoms with Gasteiger partial charge >= 0.3 is 0 Å². The van der Waals surface area contributed by atoms with Crippen molar-refractivity contribution in [3.05, 3.63) is 49.1 Å². The number of anilines is 2. The second kappa shape index (κ2) is 8.08. The van der Waals surface area contributed by atoms with Gasteiger partial charge in [0.05, 0.1) is 24.0 Å². The van der Waals surface area contributed by atoms with Crippen molar-refractivity contribution in [3.63, 3.8) is 0 Å². The van der Waals surface area contributed by atoms with Crippen LogP contribution in [0.3, 0.4) is 0 Å². The molecule has 1 heterocycles. The Kier molecular flexibility index (Phi) is 6.29. The van der Waals surface area contributed by atoms with Crippen molar-refractivity contribution in [2.45, 2.75) is 51.3 Å². The third-order valence-corrected chi connectivity index (χ3v) is 6.90. The molecule has 26 heavy (non-hydrogen) atoms. The second-order valence-electron chi connectivity index (χ2n) is 6.72. The van der Waals surface area contributed by atoms with Crippen LogP contribution in [-0.2, 0) is 14.8 Å². The summed E-state index contributed by atoms with van der Waals surface area (Å²) < 4.78 is 28.4. The Bertz CT molecular complexity index is 801. The molecule has 1 aromatic rings. The van der Waals surface area contributed by atoms with Gasteiger partial charge in [0, 0.05) is 6.92 Å². The number of para-hydroxylation sites is 2. The maximum absolute atomic E-state index is 13.5. The molecule has 0 radical (unpaired) electrons. The summed E-state index contributed by atoms with van der Waals surface area (Å²) in [7, 11) is -3.68. The van der Waals surface area contributed by atoms with Gasteiger partial charge in [-0.3, -0.25) is 9.10 Å². The van der Waals surface area contributed by atoms with Crippen molar-refractivity contribution in [3.8, 4) is 0 Å². The van der Waals surface area contributed by atoms with Crippen LogP contribution in [0.2, 0.25) is 0 Å². The maximum atomic E-state index is 13.5. The summed E-state index contributed by atoms with van der Waals surface area (Å²) in [6.07, 6.45) is 3.45. The molecule has 0 aromatic heterocycles. The minimum Gasteiger partial charge on any atom is -0.306 e. The van der Waals surface area contributed by atoms with Crippen LogP contribution in [0.15, 0.2) is 49.1 Å². The van der Waals surface area contributed by atoms with Gasteiger partial charge in [0.25, 0.3) is 0 Å². The number of allylic oxidation sites excluding steroid dienone is 1. The summed E-state index contributed by atoms with van der Waals surface area (Å²) in [6, 6.07) is 6.90. The fourth-order valence-electron chi connectivity index (χ4n) is 3.54. The number of fused-ring (bicyclic) bond motifs is 1. The van der Waals surface area contributed by atoms with Crippen LogP contribution in [0, 0.1) is 0 Å². The summed E-state index contributed by atoms with van der Waals surface area (Å²) >= 11 is 0. The SMILES string of the molecule is C=CCC(C(=C)CCC)S(=O)(=O)N1CC(C)N(C(C)=O)c2ccccc21. The van der Waals surface area contributed by atoms with Gasteiger partial charge in [-0.05, 0) is 31.9 Å². The van der Waals surface area contributed by atoms with E-state index in [0.29, 0.717) is 29.8 Å². The number of hydrogen-bond acceptors (Lipinski definition) is 3. The lowest BCUT2D eigenvalue weighted by Gasteiger charge is -2.42. The standard InChI is InChI=1S/C20H28N2O3S/c1-6-10-15(3)20(11-7-2)26(24,25)21-14-16(4)22(17(5)23)19-13-9-8-12-18(19)21/h7-9,12-13,16,20H,2-3,6,10-11,14H2,1,4-5H3. The van der Waals surface area contributed by atoms with E-state index in [-0.39, 0.29) is 18.5 Å². The monoisotopic (exact) mass is 376 g/mol. The Labute approximate surface area is 157 Å². The van der Waals surface area contributed by atoms with E-state index < -0.39 is 15.3 Å². The highest BCUT2D eigenvalue weighted by molar-refractivity contribution is 7.93. The summed E-state index contributed by atoms with van der Waals surface area (Å²) in [6.45, 7) is 13.3. The summed E-state index contributed by atoms with van der Waals surface area (Å²) in [5.74, 6) is -0.0972. The average molecular weight is 377 g/mol. The lowest BCUT2D eigenvalue weighted by molar-refractivity contribution is -0.117. The largest absolute Gasteiger partial charge is 0.306 e. The van der Waals surface area contributed by atoms with Crippen LogP contribution in [0.1, 0.15) is 40.0 Å². The predicted octanol–water partition coefficient (Wildman–Crippen LogP) is 3.88. The lowest BCUT2D eigenvalue weighted by atomic mass is 10.1. The molecule has 0 fully saturated rings.